The van der Waals surface area contributed by atoms with Crippen molar-refractivity contribution in [1.29, 1.82) is 0 Å². The minimum absolute atomic E-state index is 0.0733. The lowest BCUT2D eigenvalue weighted by Crippen LogP contribution is -2.30. The van der Waals surface area contributed by atoms with Crippen LogP contribution in [0.25, 0.3) is 11.5 Å². The molecule has 3 rings (SSSR count). The van der Waals surface area contributed by atoms with E-state index in [1.54, 1.807) is 38.1 Å². The Morgan fingerprint density at radius 3 is 2.58 bits per heavy atom. The molecule has 1 heterocycles. The molecule has 2 aromatic carbocycles. The van der Waals surface area contributed by atoms with E-state index >= 15 is 0 Å². The number of nitro benzene ring substituents is 1. The number of sulfonamides is 1. The summed E-state index contributed by atoms with van der Waals surface area (Å²) in [4.78, 5) is 15.0. The van der Waals surface area contributed by atoms with Gasteiger partial charge in [-0.15, -0.1) is 0 Å². The fourth-order valence-corrected chi connectivity index (χ4v) is 4.58. The Bertz CT molecular complexity index is 1190. The molecule has 1 aromatic heterocycles. The molecule has 0 fully saturated rings. The molecule has 0 aliphatic rings. The SMILES string of the molecule is CCN(CC)S(=O)(=O)c1ccc(OCc2coc(-c3cccc(Cl)c3)n2)c([N+](=O)[O-])c1. The second kappa shape index (κ2) is 9.46. The Labute approximate surface area is 184 Å². The Hall–Kier alpha value is -2.95. The van der Waals surface area contributed by atoms with Crippen LogP contribution in [0.2, 0.25) is 5.02 Å². The van der Waals surface area contributed by atoms with Gasteiger partial charge in [0.05, 0.1) is 9.82 Å². The Kier molecular flexibility index (Phi) is 6.94. The van der Waals surface area contributed by atoms with Crippen LogP contribution in [0.3, 0.4) is 0 Å². The molecule has 0 saturated carbocycles. The second-order valence-corrected chi connectivity index (χ2v) is 8.79. The molecule has 0 N–H and O–H groups in total. The minimum Gasteiger partial charge on any atom is -0.480 e. The van der Waals surface area contributed by atoms with Gasteiger partial charge >= 0.3 is 5.69 Å². The first-order chi connectivity index (χ1) is 14.8. The molecule has 164 valence electrons. The van der Waals surface area contributed by atoms with Gasteiger partial charge in [0.1, 0.15) is 18.6 Å². The molecule has 0 unspecified atom stereocenters. The molecule has 0 bridgehead atoms. The summed E-state index contributed by atoms with van der Waals surface area (Å²) in [6.45, 7) is 3.80. The van der Waals surface area contributed by atoms with Crippen molar-refractivity contribution in [2.24, 2.45) is 0 Å². The van der Waals surface area contributed by atoms with Crippen molar-refractivity contribution in [3.8, 4) is 17.2 Å². The Morgan fingerprint density at radius 2 is 1.94 bits per heavy atom. The number of benzene rings is 2. The smallest absolute Gasteiger partial charge is 0.312 e. The van der Waals surface area contributed by atoms with Gasteiger partial charge in [-0.1, -0.05) is 31.5 Å². The van der Waals surface area contributed by atoms with Crippen molar-refractivity contribution < 1.29 is 22.5 Å². The van der Waals surface area contributed by atoms with Gasteiger partial charge in [0, 0.05) is 29.7 Å². The fraction of sp³-hybridized carbons (Fsp3) is 0.250. The lowest BCUT2D eigenvalue weighted by Gasteiger charge is -2.18. The zero-order valence-corrected chi connectivity index (χ0v) is 18.4. The third kappa shape index (κ3) is 5.04. The van der Waals surface area contributed by atoms with Gasteiger partial charge in [-0.25, -0.2) is 13.4 Å². The molecule has 0 spiro atoms. The number of oxazole rings is 1. The first kappa shape index (κ1) is 22.7. The summed E-state index contributed by atoms with van der Waals surface area (Å²) >= 11 is 5.97. The third-order valence-corrected chi connectivity index (χ3v) is 6.75. The van der Waals surface area contributed by atoms with Gasteiger partial charge in [-0.05, 0) is 30.3 Å². The molecule has 0 atom stereocenters. The van der Waals surface area contributed by atoms with Gasteiger partial charge in [-0.2, -0.15) is 4.31 Å². The van der Waals surface area contributed by atoms with Gasteiger partial charge in [-0.3, -0.25) is 10.1 Å². The summed E-state index contributed by atoms with van der Waals surface area (Å²) in [6.07, 6.45) is 1.38. The molecule has 31 heavy (non-hydrogen) atoms. The van der Waals surface area contributed by atoms with Gasteiger partial charge in [0.25, 0.3) is 0 Å². The number of ether oxygens (including phenoxy) is 1. The van der Waals surface area contributed by atoms with E-state index in [4.69, 9.17) is 20.8 Å². The zero-order valence-electron chi connectivity index (χ0n) is 16.8. The van der Waals surface area contributed by atoms with Crippen molar-refractivity contribution in [2.45, 2.75) is 25.3 Å². The van der Waals surface area contributed by atoms with Crippen molar-refractivity contribution in [3.63, 3.8) is 0 Å². The number of hydrogen-bond donors (Lipinski definition) is 0. The van der Waals surface area contributed by atoms with Crippen LogP contribution < -0.4 is 4.74 Å². The monoisotopic (exact) mass is 465 g/mol. The van der Waals surface area contributed by atoms with E-state index in [-0.39, 0.29) is 30.3 Å². The van der Waals surface area contributed by atoms with E-state index in [0.29, 0.717) is 22.2 Å². The number of rotatable bonds is 9. The number of nitro groups is 1. The fourth-order valence-electron chi connectivity index (χ4n) is 2.91. The number of hydrogen-bond acceptors (Lipinski definition) is 7. The highest BCUT2D eigenvalue weighted by atomic mass is 35.5. The lowest BCUT2D eigenvalue weighted by molar-refractivity contribution is -0.386. The average molecular weight is 466 g/mol. The normalized spacial score (nSPS) is 11.6. The second-order valence-electron chi connectivity index (χ2n) is 6.42. The molecule has 0 radical (unpaired) electrons. The summed E-state index contributed by atoms with van der Waals surface area (Å²) in [5.74, 6) is 0.257. The molecule has 9 nitrogen and oxygen atoms in total. The number of halogens is 1. The van der Waals surface area contributed by atoms with E-state index in [1.165, 1.54) is 22.7 Å². The summed E-state index contributed by atoms with van der Waals surface area (Å²) < 4.78 is 37.5. The maximum atomic E-state index is 12.7. The van der Waals surface area contributed by atoms with Gasteiger partial charge in [0.2, 0.25) is 15.9 Å². The van der Waals surface area contributed by atoms with Crippen molar-refractivity contribution >= 4 is 27.3 Å². The molecule has 3 aromatic rings. The lowest BCUT2D eigenvalue weighted by atomic mass is 10.2. The molecule has 0 amide bonds. The summed E-state index contributed by atoms with van der Waals surface area (Å²) in [5.41, 5.74) is 0.631. The molecular formula is C20H20ClN3O6S. The highest BCUT2D eigenvalue weighted by Crippen LogP contribution is 2.32. The van der Waals surface area contributed by atoms with Crippen LogP contribution in [0, 0.1) is 10.1 Å². The third-order valence-electron chi connectivity index (χ3n) is 4.47. The zero-order chi connectivity index (χ0) is 22.6. The highest BCUT2D eigenvalue weighted by molar-refractivity contribution is 7.89. The predicted octanol–water partition coefficient (Wildman–Crippen LogP) is 4.51. The van der Waals surface area contributed by atoms with Crippen LogP contribution in [0.4, 0.5) is 5.69 Å². The maximum Gasteiger partial charge on any atom is 0.312 e. The van der Waals surface area contributed by atoms with Gasteiger partial charge < -0.3 is 9.15 Å². The summed E-state index contributed by atoms with van der Waals surface area (Å²) in [7, 11) is -3.84. The summed E-state index contributed by atoms with van der Waals surface area (Å²) in [5, 5.41) is 12.0. The average Bonchev–Trinajstić information content (AvgIpc) is 3.22. The molecule has 0 saturated heterocycles. The van der Waals surface area contributed by atoms with Crippen LogP contribution in [-0.4, -0.2) is 35.7 Å². The first-order valence-corrected chi connectivity index (χ1v) is 11.2. The Morgan fingerprint density at radius 1 is 1.19 bits per heavy atom. The topological polar surface area (TPSA) is 116 Å². The molecule has 11 heteroatoms. The minimum atomic E-state index is -3.84. The molecule has 0 aliphatic heterocycles. The Balaban J connectivity index is 1.82. The van der Waals surface area contributed by atoms with E-state index < -0.39 is 20.6 Å². The first-order valence-electron chi connectivity index (χ1n) is 9.38. The number of nitrogens with zero attached hydrogens (tertiary/aromatic N) is 3. The molecular weight excluding hydrogens is 446 g/mol. The van der Waals surface area contributed by atoms with Crippen LogP contribution >= 0.6 is 11.6 Å². The van der Waals surface area contributed by atoms with Gasteiger partial charge in [0.15, 0.2) is 5.75 Å². The predicted molar refractivity (Wildman–Crippen MR) is 114 cm³/mol. The van der Waals surface area contributed by atoms with E-state index in [1.807, 2.05) is 0 Å². The van der Waals surface area contributed by atoms with Crippen LogP contribution in [0.5, 0.6) is 5.75 Å². The summed E-state index contributed by atoms with van der Waals surface area (Å²) in [6, 6.07) is 10.5. The quantitative estimate of drug-likeness (QED) is 0.337. The van der Waals surface area contributed by atoms with Crippen molar-refractivity contribution in [2.75, 3.05) is 13.1 Å². The van der Waals surface area contributed by atoms with Crippen molar-refractivity contribution in [1.82, 2.24) is 9.29 Å². The van der Waals surface area contributed by atoms with E-state index in [2.05, 4.69) is 4.98 Å². The van der Waals surface area contributed by atoms with Crippen LogP contribution in [0.1, 0.15) is 19.5 Å². The maximum absolute atomic E-state index is 12.7. The van der Waals surface area contributed by atoms with E-state index in [0.717, 1.165) is 6.07 Å². The van der Waals surface area contributed by atoms with Crippen molar-refractivity contribution in [3.05, 3.63) is 69.6 Å². The largest absolute Gasteiger partial charge is 0.480 e. The van der Waals surface area contributed by atoms with Crippen LogP contribution in [-0.2, 0) is 16.6 Å². The molecule has 0 aliphatic carbocycles. The highest BCUT2D eigenvalue weighted by Gasteiger charge is 2.26. The number of aromatic nitrogens is 1. The van der Waals surface area contributed by atoms with Crippen LogP contribution in [0.15, 0.2) is 58.0 Å². The van der Waals surface area contributed by atoms with E-state index in [9.17, 15) is 18.5 Å². The standard InChI is InChI=1S/C20H20ClN3O6S/c1-3-23(4-2)31(27,28)17-8-9-19(18(11-17)24(25)26)29-12-16-13-30-20(22-16)14-6-5-7-15(21)10-14/h5-11,13H,3-4,12H2,1-2H3.